The average Bonchev–Trinajstić information content (AvgIpc) is 2.52. The zero-order valence-electron chi connectivity index (χ0n) is 9.52. The first-order valence-corrected chi connectivity index (χ1v) is 6.84. The fourth-order valence-electron chi connectivity index (χ4n) is 0.497. The van der Waals surface area contributed by atoms with Crippen molar-refractivity contribution in [3.63, 3.8) is 0 Å². The van der Waals surface area contributed by atoms with Gasteiger partial charge in [0.2, 0.25) is 0 Å². The maximum absolute atomic E-state index is 7.86. The van der Waals surface area contributed by atoms with Crippen molar-refractivity contribution in [1.82, 2.24) is 0 Å². The van der Waals surface area contributed by atoms with Gasteiger partial charge in [-0.25, -0.2) is 0 Å². The molecule has 0 saturated carbocycles. The van der Waals surface area contributed by atoms with Crippen molar-refractivity contribution < 1.29 is 52.6 Å². The van der Waals surface area contributed by atoms with Crippen LogP contribution in [0.2, 0.25) is 1.68 Å². The Kier molecular flexibility index (Phi) is 14.2. The SMILES string of the molecule is C=C(C)O.C=C(C)O.[CH3][Yb][C]1=CC=CC1. The van der Waals surface area contributed by atoms with Gasteiger partial charge in [0.05, 0.1) is 11.5 Å². The van der Waals surface area contributed by atoms with Crippen molar-refractivity contribution in [2.75, 3.05) is 0 Å². The van der Waals surface area contributed by atoms with Crippen LogP contribution in [0.5, 0.6) is 0 Å². The van der Waals surface area contributed by atoms with Crippen molar-refractivity contribution in [1.29, 1.82) is 0 Å². The zero-order valence-corrected chi connectivity index (χ0v) is 11.2. The number of hydrogen-bond acceptors (Lipinski definition) is 2. The van der Waals surface area contributed by atoms with Crippen LogP contribution in [0.3, 0.4) is 0 Å². The molecule has 0 saturated heterocycles. The molecule has 0 radical (unpaired) electrons. The molecule has 0 amide bonds. The van der Waals surface area contributed by atoms with Crippen LogP contribution < -0.4 is 0 Å². The molecule has 0 aromatic heterocycles. The molecular weight excluding hydrogens is 349 g/mol. The Morgan fingerprint density at radius 1 is 1.27 bits per heavy atom. The van der Waals surface area contributed by atoms with Gasteiger partial charge in [-0.2, -0.15) is 0 Å². The number of hydrogen-bond donors (Lipinski definition) is 2. The van der Waals surface area contributed by atoms with Crippen molar-refractivity contribution >= 4 is 0 Å². The van der Waals surface area contributed by atoms with Crippen LogP contribution in [0.4, 0.5) is 0 Å². The van der Waals surface area contributed by atoms with E-state index >= 15 is 0 Å². The molecule has 2 N–H and O–H groups in total. The van der Waals surface area contributed by atoms with Gasteiger partial charge >= 0.3 is 69.0 Å². The van der Waals surface area contributed by atoms with E-state index in [1.54, 1.807) is 0.331 Å². The van der Waals surface area contributed by atoms with Crippen molar-refractivity contribution in [2.24, 2.45) is 0 Å². The molecule has 0 bridgehead atoms. The summed E-state index contributed by atoms with van der Waals surface area (Å²) in [6, 6.07) is 0. The minimum absolute atomic E-state index is 0.167. The van der Waals surface area contributed by atoms with Crippen molar-refractivity contribution in [3.8, 4) is 0 Å². The molecule has 0 aromatic rings. The monoisotopic (exact) mass is 370 g/mol. The topological polar surface area (TPSA) is 40.5 Å². The summed E-state index contributed by atoms with van der Waals surface area (Å²) in [4.78, 5) is 0. The van der Waals surface area contributed by atoms with Gasteiger partial charge in [-0.15, -0.1) is 0 Å². The second kappa shape index (κ2) is 12.2. The Labute approximate surface area is 116 Å². The van der Waals surface area contributed by atoms with Gasteiger partial charge in [0.25, 0.3) is 0 Å². The first-order chi connectivity index (χ1) is 6.90. The van der Waals surface area contributed by atoms with Crippen LogP contribution in [0.1, 0.15) is 20.3 Å². The maximum atomic E-state index is 7.86. The van der Waals surface area contributed by atoms with Gasteiger partial charge in [0.15, 0.2) is 0 Å². The second-order valence-electron chi connectivity index (χ2n) is 2.78. The van der Waals surface area contributed by atoms with Crippen LogP contribution in [-0.2, 0) is 0 Å². The number of aliphatic hydroxyl groups excluding tert-OH is 2. The van der Waals surface area contributed by atoms with Crippen LogP contribution in [-0.4, -0.2) is 10.2 Å². The molecule has 1 aliphatic carbocycles. The summed E-state index contributed by atoms with van der Waals surface area (Å²) < 4.78 is 3.86. The quantitative estimate of drug-likeness (QED) is 0.683. The molecule has 0 spiro atoms. The van der Waals surface area contributed by atoms with E-state index in [-0.39, 0.29) is 11.5 Å². The summed E-state index contributed by atoms with van der Waals surface area (Å²) in [5.74, 6) is 0.333. The van der Waals surface area contributed by atoms with Gasteiger partial charge < -0.3 is 10.2 Å². The van der Waals surface area contributed by atoms with E-state index in [4.69, 9.17) is 10.2 Å². The van der Waals surface area contributed by atoms with Gasteiger partial charge in [-0.3, -0.25) is 0 Å². The Hall–Kier alpha value is 0.0795. The van der Waals surface area contributed by atoms with E-state index in [1.807, 2.05) is 0 Å². The Bertz CT molecular complexity index is 232. The Balaban J connectivity index is 0. The number of aliphatic hydroxyl groups is 2. The Morgan fingerprint density at radius 2 is 1.67 bits per heavy atom. The fraction of sp³-hybridized carbons (Fsp3) is 0.333. The summed E-state index contributed by atoms with van der Waals surface area (Å²) in [6.07, 6.45) is 7.78. The summed E-state index contributed by atoms with van der Waals surface area (Å²) in [5, 5.41) is 15.7. The first-order valence-electron chi connectivity index (χ1n) is 4.27. The number of rotatable bonds is 1. The van der Waals surface area contributed by atoms with Crippen LogP contribution in [0.15, 0.2) is 43.2 Å². The molecular formula is C12H20O2Yb. The normalized spacial score (nSPS) is 11.8. The molecule has 0 aliphatic heterocycles. The molecule has 94 valence electrons. The van der Waals surface area contributed by atoms with E-state index in [2.05, 4.69) is 33.1 Å². The third-order valence-electron chi connectivity index (χ3n) is 0.857. The van der Waals surface area contributed by atoms with E-state index in [9.17, 15) is 0 Å². The fourth-order valence-corrected chi connectivity index (χ4v) is 1.50. The third kappa shape index (κ3) is 24.9. The van der Waals surface area contributed by atoms with Crippen molar-refractivity contribution in [3.05, 3.63) is 43.2 Å². The third-order valence-corrected chi connectivity index (χ3v) is 2.59. The van der Waals surface area contributed by atoms with Crippen LogP contribution in [0.25, 0.3) is 0 Å². The molecule has 1 rings (SSSR count). The minimum atomic E-state index is 0.167. The number of allylic oxidation sites excluding steroid dienone is 6. The van der Waals surface area contributed by atoms with Gasteiger partial charge in [-0.1, -0.05) is 13.2 Å². The molecule has 0 aromatic carbocycles. The molecule has 0 unspecified atom stereocenters. The first kappa shape index (κ1) is 17.5. The van der Waals surface area contributed by atoms with Gasteiger partial charge in [0.1, 0.15) is 0 Å². The van der Waals surface area contributed by atoms with Crippen molar-refractivity contribution in [2.45, 2.75) is 22.0 Å². The molecule has 3 heteroatoms. The Morgan fingerprint density at radius 3 is 1.80 bits per heavy atom. The summed E-state index contributed by atoms with van der Waals surface area (Å²) in [5.41, 5.74) is 0. The van der Waals surface area contributed by atoms with Gasteiger partial charge in [0, 0.05) is 0 Å². The molecule has 0 fully saturated rings. The molecule has 15 heavy (non-hydrogen) atoms. The summed E-state index contributed by atoms with van der Waals surface area (Å²) in [7, 11) is 0. The van der Waals surface area contributed by atoms with E-state index < -0.39 is 0 Å². The van der Waals surface area contributed by atoms with Crippen LogP contribution in [0, 0.1) is 42.4 Å². The van der Waals surface area contributed by atoms with Gasteiger partial charge in [-0.05, 0) is 13.8 Å². The summed E-state index contributed by atoms with van der Waals surface area (Å²) in [6.45, 7) is 9.28. The molecule has 1 aliphatic rings. The predicted octanol–water partition coefficient (Wildman–Crippen LogP) is 4.12. The van der Waals surface area contributed by atoms with Crippen LogP contribution >= 0.6 is 0 Å². The zero-order chi connectivity index (χ0) is 12.3. The van der Waals surface area contributed by atoms with E-state index in [0.717, 1.165) is 42.4 Å². The molecule has 0 atom stereocenters. The second-order valence-corrected chi connectivity index (χ2v) is 4.74. The standard InChI is InChI=1S/C5H5.2C3H6O.CH3.Yb/c1-2-4-5-3-1;2*1-3(2)4;;/h1-3H,4H2;2*4H,1H2,2H3;1H3;. The predicted molar refractivity (Wildman–Crippen MR) is 62.6 cm³/mol. The van der Waals surface area contributed by atoms with E-state index in [1.165, 1.54) is 20.3 Å². The van der Waals surface area contributed by atoms with E-state index in [0.29, 0.717) is 0 Å². The average molecular weight is 369 g/mol. The molecule has 0 heterocycles. The molecule has 2 nitrogen and oxygen atoms in total. The summed E-state index contributed by atoms with van der Waals surface area (Å²) >= 11 is 0.805.